The molecule has 5 nitrogen and oxygen atoms in total. The van der Waals surface area contributed by atoms with E-state index >= 15 is 0 Å². The van der Waals surface area contributed by atoms with Crippen molar-refractivity contribution in [3.8, 4) is 0 Å². The van der Waals surface area contributed by atoms with Crippen LogP contribution in [0.15, 0.2) is 24.3 Å². The van der Waals surface area contributed by atoms with Gasteiger partial charge in [0, 0.05) is 31.8 Å². The number of carboxylic acids is 1. The summed E-state index contributed by atoms with van der Waals surface area (Å²) >= 11 is 0. The van der Waals surface area contributed by atoms with Gasteiger partial charge in [0.15, 0.2) is 0 Å². The summed E-state index contributed by atoms with van der Waals surface area (Å²) in [6, 6.07) is 0. The second kappa shape index (κ2) is 10.9. The predicted molar refractivity (Wildman–Crippen MR) is 109 cm³/mol. The van der Waals surface area contributed by atoms with Crippen LogP contribution in [0.25, 0.3) is 0 Å². The number of allylic oxidation sites excluding steroid dienone is 2. The van der Waals surface area contributed by atoms with Gasteiger partial charge in [0.2, 0.25) is 0 Å². The van der Waals surface area contributed by atoms with Gasteiger partial charge in [-0.1, -0.05) is 37.6 Å². The zero-order valence-electron chi connectivity index (χ0n) is 17.3. The van der Waals surface area contributed by atoms with Crippen molar-refractivity contribution in [1.82, 2.24) is 0 Å². The molecule has 0 aromatic carbocycles. The quantitative estimate of drug-likeness (QED) is 0.382. The van der Waals surface area contributed by atoms with E-state index < -0.39 is 5.97 Å². The molecule has 2 N–H and O–H groups in total. The first kappa shape index (κ1) is 22.8. The Kier molecular flexibility index (Phi) is 8.90. The molecule has 2 aliphatic carbocycles. The van der Waals surface area contributed by atoms with Crippen LogP contribution in [0.5, 0.6) is 0 Å². The number of carbonyl (C=O) groups is 2. The lowest BCUT2D eigenvalue weighted by Crippen LogP contribution is -2.40. The van der Waals surface area contributed by atoms with Crippen molar-refractivity contribution in [1.29, 1.82) is 0 Å². The van der Waals surface area contributed by atoms with Crippen LogP contribution in [-0.4, -0.2) is 41.3 Å². The van der Waals surface area contributed by atoms with Gasteiger partial charge in [-0.25, -0.2) is 0 Å². The number of ether oxygens (including phenoxy) is 1. The average molecular weight is 393 g/mol. The van der Waals surface area contributed by atoms with Crippen LogP contribution in [0.1, 0.15) is 71.1 Å². The van der Waals surface area contributed by atoms with E-state index in [1.807, 2.05) is 18.2 Å². The van der Waals surface area contributed by atoms with Gasteiger partial charge < -0.3 is 14.9 Å². The molecule has 0 radical (unpaired) electrons. The number of hydrogen-bond donors (Lipinski definition) is 2. The van der Waals surface area contributed by atoms with Crippen LogP contribution >= 0.6 is 0 Å². The van der Waals surface area contributed by atoms with E-state index in [0.717, 1.165) is 19.3 Å². The molecule has 4 atom stereocenters. The van der Waals surface area contributed by atoms with Crippen molar-refractivity contribution >= 4 is 11.8 Å². The summed E-state index contributed by atoms with van der Waals surface area (Å²) in [4.78, 5) is 23.0. The number of aliphatic carboxylic acids is 1. The fraction of sp³-hybridized carbons (Fsp3) is 0.739. The first-order valence-electron chi connectivity index (χ1n) is 10.7. The van der Waals surface area contributed by atoms with Gasteiger partial charge in [-0.2, -0.15) is 0 Å². The van der Waals surface area contributed by atoms with E-state index in [0.29, 0.717) is 32.1 Å². The molecule has 0 heterocycles. The number of aliphatic hydroxyl groups is 1. The highest BCUT2D eigenvalue weighted by Gasteiger charge is 2.42. The third kappa shape index (κ3) is 5.77. The standard InChI is InChI=1S/C23H36O5/c1-3-23(14-9-15-23)21(25)12-8-11-18-17(19(24)16-20(18)28-2)10-6-4-5-7-13-22(26)27/h4,6,8,11,17-18,20-21,25H,3,5,7,9-10,12-16H2,1-2H3,(H,26,27)/t17-,18-,20?,21?/m1/s1. The zero-order chi connectivity index (χ0) is 20.6. The second-order valence-electron chi connectivity index (χ2n) is 8.37. The highest BCUT2D eigenvalue weighted by Crippen LogP contribution is 2.47. The van der Waals surface area contributed by atoms with Crippen LogP contribution in [0, 0.1) is 17.3 Å². The maximum atomic E-state index is 12.4. The van der Waals surface area contributed by atoms with Crippen molar-refractivity contribution in [3.05, 3.63) is 24.3 Å². The predicted octanol–water partition coefficient (Wildman–Crippen LogP) is 4.30. The molecule has 28 heavy (non-hydrogen) atoms. The molecule has 5 heteroatoms. The summed E-state index contributed by atoms with van der Waals surface area (Å²) in [5.74, 6) is -0.618. The van der Waals surface area contributed by atoms with E-state index in [4.69, 9.17) is 9.84 Å². The number of Topliss-reactive ketones (excluding diaryl/α,β-unsaturated/α-hetero) is 1. The number of carbonyl (C=O) groups excluding carboxylic acids is 1. The molecule has 2 saturated carbocycles. The molecular formula is C23H36O5. The van der Waals surface area contributed by atoms with Gasteiger partial charge in [0.25, 0.3) is 0 Å². The number of ketones is 1. The van der Waals surface area contributed by atoms with Gasteiger partial charge in [-0.15, -0.1) is 0 Å². The smallest absolute Gasteiger partial charge is 0.303 e. The monoisotopic (exact) mass is 392 g/mol. The molecule has 0 saturated heterocycles. The zero-order valence-corrected chi connectivity index (χ0v) is 17.3. The van der Waals surface area contributed by atoms with Crippen molar-refractivity contribution < 1.29 is 24.5 Å². The minimum Gasteiger partial charge on any atom is -0.481 e. The number of methoxy groups -OCH3 is 1. The molecular weight excluding hydrogens is 356 g/mol. The SMILES string of the molecule is CCC1(C(O)CC=C[C@H]2C(OC)CC(=O)[C@@H]2CC=CCCCC(=O)O)CCC1. The van der Waals surface area contributed by atoms with Crippen molar-refractivity contribution in [2.75, 3.05) is 7.11 Å². The molecule has 2 rings (SSSR count). The summed E-state index contributed by atoms with van der Waals surface area (Å²) in [5, 5.41) is 19.3. The van der Waals surface area contributed by atoms with E-state index in [1.165, 1.54) is 6.42 Å². The van der Waals surface area contributed by atoms with E-state index in [1.54, 1.807) is 7.11 Å². The Bertz CT molecular complexity index is 570. The second-order valence-corrected chi connectivity index (χ2v) is 8.37. The number of unbranched alkanes of at least 4 members (excludes halogenated alkanes) is 1. The normalized spacial score (nSPS) is 28.1. The molecule has 0 spiro atoms. The third-order valence-corrected chi connectivity index (χ3v) is 6.81. The van der Waals surface area contributed by atoms with Gasteiger partial charge in [-0.3, -0.25) is 9.59 Å². The highest BCUT2D eigenvalue weighted by molar-refractivity contribution is 5.84. The Morgan fingerprint density at radius 1 is 1.32 bits per heavy atom. The molecule has 2 aliphatic rings. The molecule has 158 valence electrons. The van der Waals surface area contributed by atoms with Crippen molar-refractivity contribution in [2.24, 2.45) is 17.3 Å². The molecule has 2 unspecified atom stereocenters. The molecule has 0 bridgehead atoms. The van der Waals surface area contributed by atoms with Gasteiger partial charge in [0.1, 0.15) is 5.78 Å². The van der Waals surface area contributed by atoms with Crippen LogP contribution in [0.2, 0.25) is 0 Å². The summed E-state index contributed by atoms with van der Waals surface area (Å²) in [6.45, 7) is 2.15. The first-order valence-corrected chi connectivity index (χ1v) is 10.7. The number of carboxylic acid groups (broad SMARTS) is 1. The average Bonchev–Trinajstić information content (AvgIpc) is 2.92. The fourth-order valence-corrected chi connectivity index (χ4v) is 4.65. The first-order chi connectivity index (χ1) is 13.4. The fourth-order valence-electron chi connectivity index (χ4n) is 4.65. The van der Waals surface area contributed by atoms with Crippen molar-refractivity contribution in [2.45, 2.75) is 83.3 Å². The number of aliphatic hydroxyl groups excluding tert-OH is 1. The molecule has 0 aliphatic heterocycles. The highest BCUT2D eigenvalue weighted by atomic mass is 16.5. The Morgan fingerprint density at radius 3 is 2.64 bits per heavy atom. The van der Waals surface area contributed by atoms with Crippen LogP contribution in [-0.2, 0) is 14.3 Å². The largest absolute Gasteiger partial charge is 0.481 e. The van der Waals surface area contributed by atoms with Gasteiger partial charge >= 0.3 is 5.97 Å². The van der Waals surface area contributed by atoms with Gasteiger partial charge in [0.05, 0.1) is 12.2 Å². The van der Waals surface area contributed by atoms with Crippen LogP contribution < -0.4 is 0 Å². The summed E-state index contributed by atoms with van der Waals surface area (Å²) in [6.07, 6.45) is 15.3. The Morgan fingerprint density at radius 2 is 2.07 bits per heavy atom. The lowest BCUT2D eigenvalue weighted by atomic mass is 9.63. The third-order valence-electron chi connectivity index (χ3n) is 6.81. The molecule has 0 aromatic heterocycles. The maximum Gasteiger partial charge on any atom is 0.303 e. The molecule has 2 fully saturated rings. The Labute approximate surface area is 168 Å². The van der Waals surface area contributed by atoms with E-state index in [9.17, 15) is 14.7 Å². The Hall–Kier alpha value is -1.46. The van der Waals surface area contributed by atoms with Gasteiger partial charge in [-0.05, 0) is 50.4 Å². The lowest BCUT2D eigenvalue weighted by Gasteiger charge is -2.45. The van der Waals surface area contributed by atoms with Crippen LogP contribution in [0.3, 0.4) is 0 Å². The number of hydrogen-bond acceptors (Lipinski definition) is 4. The summed E-state index contributed by atoms with van der Waals surface area (Å²) in [5.41, 5.74) is 0.0918. The Balaban J connectivity index is 1.89. The molecule has 0 aromatic rings. The minimum absolute atomic E-state index is 0.0346. The maximum absolute atomic E-state index is 12.4. The molecule has 0 amide bonds. The topological polar surface area (TPSA) is 83.8 Å². The lowest BCUT2D eigenvalue weighted by molar-refractivity contribution is -0.137. The van der Waals surface area contributed by atoms with E-state index in [-0.39, 0.29) is 41.7 Å². The van der Waals surface area contributed by atoms with Crippen molar-refractivity contribution in [3.63, 3.8) is 0 Å². The van der Waals surface area contributed by atoms with Crippen LogP contribution in [0.4, 0.5) is 0 Å². The minimum atomic E-state index is -0.776. The summed E-state index contributed by atoms with van der Waals surface area (Å²) < 4.78 is 5.55. The summed E-state index contributed by atoms with van der Waals surface area (Å²) in [7, 11) is 1.65. The number of rotatable bonds is 12. The van der Waals surface area contributed by atoms with E-state index in [2.05, 4.69) is 13.0 Å².